The SMILES string of the molecule is COc1c2c(cc3c1[C@@H](c1c([O-])n(-c4cccc(C)c4)c(=S)[nH]c1=O)[NH+](C)CC3)OCO2. The standard InChI is InChI=1S/C23H23N3O5S/c1-12-5-4-6-14(9-12)26-22(28)17(21(27)24-23(26)32)18-16-13(7-8-25(18)2)10-15-19(20(16)29-3)31-11-30-15/h4-6,9-10,18,28H,7-8,11H2,1-3H3,(H,24,27,32)/t18-/m0/s1. The molecule has 0 saturated carbocycles. The highest BCUT2D eigenvalue weighted by Crippen LogP contribution is 2.48. The van der Waals surface area contributed by atoms with Crippen LogP contribution in [0.4, 0.5) is 0 Å². The summed E-state index contributed by atoms with van der Waals surface area (Å²) in [5.41, 5.74) is 2.98. The third-order valence-corrected chi connectivity index (χ3v) is 6.45. The topological polar surface area (TPSA) is 93.0 Å². The zero-order valence-electron chi connectivity index (χ0n) is 18.0. The summed E-state index contributed by atoms with van der Waals surface area (Å²) >= 11 is 5.37. The molecule has 1 aromatic heterocycles. The van der Waals surface area contributed by atoms with Crippen LogP contribution in [0.25, 0.3) is 5.69 Å². The number of hydrogen-bond donors (Lipinski definition) is 2. The molecule has 0 saturated heterocycles. The van der Waals surface area contributed by atoms with E-state index in [2.05, 4.69) is 4.98 Å². The average Bonchev–Trinajstić information content (AvgIpc) is 3.21. The van der Waals surface area contributed by atoms with Gasteiger partial charge in [0.05, 0.1) is 31.8 Å². The Hall–Kier alpha value is -3.30. The van der Waals surface area contributed by atoms with Crippen molar-refractivity contribution in [1.82, 2.24) is 9.55 Å². The molecule has 8 nitrogen and oxygen atoms in total. The van der Waals surface area contributed by atoms with Crippen molar-refractivity contribution < 1.29 is 24.2 Å². The van der Waals surface area contributed by atoms with Crippen molar-refractivity contribution in [1.29, 1.82) is 0 Å². The molecule has 9 heteroatoms. The molecule has 2 aliphatic heterocycles. The zero-order chi connectivity index (χ0) is 22.6. The lowest BCUT2D eigenvalue weighted by atomic mass is 9.87. The van der Waals surface area contributed by atoms with Crippen molar-refractivity contribution in [3.63, 3.8) is 0 Å². The molecule has 2 aliphatic rings. The second kappa shape index (κ2) is 7.68. The maximum Gasteiger partial charge on any atom is 0.260 e. The van der Waals surface area contributed by atoms with E-state index in [1.165, 1.54) is 4.57 Å². The molecule has 3 heterocycles. The zero-order valence-corrected chi connectivity index (χ0v) is 18.8. The number of rotatable bonds is 3. The van der Waals surface area contributed by atoms with Crippen molar-refractivity contribution in [3.8, 4) is 28.8 Å². The summed E-state index contributed by atoms with van der Waals surface area (Å²) in [6.45, 7) is 2.78. The van der Waals surface area contributed by atoms with Gasteiger partial charge in [0.25, 0.3) is 5.56 Å². The number of methoxy groups -OCH3 is 1. The van der Waals surface area contributed by atoms with Crippen LogP contribution in [0, 0.1) is 11.7 Å². The van der Waals surface area contributed by atoms with Gasteiger partial charge in [-0.1, -0.05) is 12.1 Å². The van der Waals surface area contributed by atoms with Gasteiger partial charge >= 0.3 is 0 Å². The van der Waals surface area contributed by atoms with E-state index in [1.54, 1.807) is 13.2 Å². The van der Waals surface area contributed by atoms with Crippen molar-refractivity contribution in [3.05, 3.63) is 67.7 Å². The molecule has 32 heavy (non-hydrogen) atoms. The van der Waals surface area contributed by atoms with E-state index >= 15 is 0 Å². The first-order valence-corrected chi connectivity index (χ1v) is 10.8. The number of aryl methyl sites for hydroxylation is 1. The summed E-state index contributed by atoms with van der Waals surface area (Å²) in [6.07, 6.45) is 0.758. The summed E-state index contributed by atoms with van der Waals surface area (Å²) in [6, 6.07) is 8.83. The maximum atomic E-state index is 13.8. The molecule has 2 N–H and O–H groups in total. The van der Waals surface area contributed by atoms with Gasteiger partial charge in [0.2, 0.25) is 12.5 Å². The van der Waals surface area contributed by atoms with Gasteiger partial charge in [-0.25, -0.2) is 0 Å². The number of hydrogen-bond acceptors (Lipinski definition) is 6. The molecule has 2 atom stereocenters. The maximum absolute atomic E-state index is 13.8. The number of ether oxygens (including phenoxy) is 3. The summed E-state index contributed by atoms with van der Waals surface area (Å²) in [7, 11) is 3.52. The lowest BCUT2D eigenvalue weighted by Crippen LogP contribution is -3.10. The lowest BCUT2D eigenvalue weighted by molar-refractivity contribution is -0.908. The van der Waals surface area contributed by atoms with Crippen LogP contribution in [0.5, 0.6) is 23.1 Å². The minimum absolute atomic E-state index is 0.0701. The Bertz CT molecular complexity index is 1350. The predicted molar refractivity (Wildman–Crippen MR) is 118 cm³/mol. The molecule has 3 aromatic rings. The molecular formula is C23H23N3O5S. The monoisotopic (exact) mass is 453 g/mol. The number of likely N-dealkylation sites (N-methyl/N-ethyl adjacent to an activating group) is 1. The van der Waals surface area contributed by atoms with Crippen LogP contribution in [0.1, 0.15) is 28.3 Å². The lowest BCUT2D eigenvalue weighted by Gasteiger charge is -2.35. The number of fused-ring (bicyclic) bond motifs is 2. The van der Waals surface area contributed by atoms with Gasteiger partial charge in [-0.05, 0) is 54.3 Å². The summed E-state index contributed by atoms with van der Waals surface area (Å²) < 4.78 is 18.4. The average molecular weight is 454 g/mol. The van der Waals surface area contributed by atoms with E-state index in [1.807, 2.05) is 38.2 Å². The second-order valence-corrected chi connectivity index (χ2v) is 8.53. The Kier molecular flexibility index (Phi) is 4.94. The third kappa shape index (κ3) is 3.08. The number of H-pyrrole nitrogens is 1. The van der Waals surface area contributed by atoms with Crippen molar-refractivity contribution in [2.24, 2.45) is 0 Å². The van der Waals surface area contributed by atoms with Gasteiger partial charge < -0.3 is 28.8 Å². The molecule has 0 amide bonds. The molecule has 2 aromatic carbocycles. The quantitative estimate of drug-likeness (QED) is 0.579. The molecule has 0 spiro atoms. The first kappa shape index (κ1) is 20.6. The van der Waals surface area contributed by atoms with E-state index in [9.17, 15) is 9.90 Å². The Morgan fingerprint density at radius 1 is 1.28 bits per heavy atom. The van der Waals surface area contributed by atoms with Gasteiger partial charge in [0.15, 0.2) is 16.3 Å². The highest BCUT2D eigenvalue weighted by atomic mass is 32.1. The smallest absolute Gasteiger partial charge is 0.260 e. The minimum atomic E-state index is -0.550. The normalized spacial score (nSPS) is 19.0. The van der Waals surface area contributed by atoms with Crippen LogP contribution in [0.3, 0.4) is 0 Å². The number of aromatic amines is 1. The summed E-state index contributed by atoms with van der Waals surface area (Å²) in [5, 5.41) is 13.8. The first-order chi connectivity index (χ1) is 15.4. The van der Waals surface area contributed by atoms with Gasteiger partial charge in [-0.15, -0.1) is 0 Å². The summed E-state index contributed by atoms with van der Waals surface area (Å²) in [4.78, 5) is 16.9. The molecule has 0 aliphatic carbocycles. The van der Waals surface area contributed by atoms with Crippen LogP contribution in [-0.2, 0) is 6.42 Å². The van der Waals surface area contributed by atoms with Crippen LogP contribution < -0.4 is 29.8 Å². The van der Waals surface area contributed by atoms with E-state index < -0.39 is 17.5 Å². The molecule has 0 bridgehead atoms. The highest BCUT2D eigenvalue weighted by molar-refractivity contribution is 7.71. The Morgan fingerprint density at radius 3 is 2.84 bits per heavy atom. The van der Waals surface area contributed by atoms with E-state index in [0.29, 0.717) is 22.9 Å². The van der Waals surface area contributed by atoms with Crippen LogP contribution in [-0.4, -0.2) is 37.0 Å². The number of benzene rings is 2. The highest BCUT2D eigenvalue weighted by Gasteiger charge is 2.39. The molecule has 1 unspecified atom stereocenters. The Labute approximate surface area is 189 Å². The molecule has 0 radical (unpaired) electrons. The largest absolute Gasteiger partial charge is 0.859 e. The summed E-state index contributed by atoms with van der Waals surface area (Å²) in [5.74, 6) is 1.19. The fourth-order valence-corrected chi connectivity index (χ4v) is 4.98. The van der Waals surface area contributed by atoms with Crippen molar-refractivity contribution in [2.45, 2.75) is 19.4 Å². The number of quaternary nitrogens is 1. The van der Waals surface area contributed by atoms with E-state index in [4.69, 9.17) is 26.4 Å². The Morgan fingerprint density at radius 2 is 2.09 bits per heavy atom. The fraction of sp³-hybridized carbons (Fsp3) is 0.304. The van der Waals surface area contributed by atoms with Crippen LogP contribution in [0.15, 0.2) is 35.1 Å². The molecule has 166 valence electrons. The van der Waals surface area contributed by atoms with E-state index in [-0.39, 0.29) is 17.1 Å². The molecule has 5 rings (SSSR count). The van der Waals surface area contributed by atoms with Gasteiger partial charge in [-0.2, -0.15) is 0 Å². The van der Waals surface area contributed by atoms with Gasteiger partial charge in [-0.3, -0.25) is 9.78 Å². The van der Waals surface area contributed by atoms with Gasteiger partial charge in [0, 0.05) is 12.1 Å². The third-order valence-electron chi connectivity index (χ3n) is 6.17. The Balaban J connectivity index is 1.79. The minimum Gasteiger partial charge on any atom is -0.859 e. The number of aromatic nitrogens is 2. The van der Waals surface area contributed by atoms with Gasteiger partial charge in [0.1, 0.15) is 6.04 Å². The molecule has 0 fully saturated rings. The number of nitrogens with zero attached hydrogens (tertiary/aromatic N) is 1. The van der Waals surface area contributed by atoms with Crippen LogP contribution >= 0.6 is 12.2 Å². The van der Waals surface area contributed by atoms with Crippen molar-refractivity contribution in [2.75, 3.05) is 27.5 Å². The number of nitrogens with one attached hydrogen (secondary N) is 2. The van der Waals surface area contributed by atoms with Crippen molar-refractivity contribution >= 4 is 12.2 Å². The molecular weight excluding hydrogens is 430 g/mol. The second-order valence-electron chi connectivity index (χ2n) is 8.15. The van der Waals surface area contributed by atoms with E-state index in [0.717, 1.165) is 34.6 Å². The predicted octanol–water partition coefficient (Wildman–Crippen LogP) is 1.17. The first-order valence-electron chi connectivity index (χ1n) is 10.4. The van der Waals surface area contributed by atoms with Crippen LogP contribution in [0.2, 0.25) is 0 Å². The fourth-order valence-electron chi connectivity index (χ4n) is 4.70.